The molecular formula is C14H23BrN2O2S. The maximum Gasteiger partial charge on any atom is 0.241 e. The molecule has 2 N–H and O–H groups in total. The molecule has 0 aliphatic rings. The van der Waals surface area contributed by atoms with Gasteiger partial charge >= 0.3 is 0 Å². The zero-order valence-electron chi connectivity index (χ0n) is 12.5. The van der Waals surface area contributed by atoms with Crippen LogP contribution in [0.3, 0.4) is 0 Å². The van der Waals surface area contributed by atoms with E-state index in [1.165, 1.54) is 0 Å². The van der Waals surface area contributed by atoms with Crippen molar-refractivity contribution < 1.29 is 8.42 Å². The van der Waals surface area contributed by atoms with Crippen molar-refractivity contribution in [2.24, 2.45) is 0 Å². The quantitative estimate of drug-likeness (QED) is 0.733. The molecule has 114 valence electrons. The second-order valence-corrected chi connectivity index (χ2v) is 7.65. The molecule has 0 spiro atoms. The van der Waals surface area contributed by atoms with Gasteiger partial charge in [-0.2, -0.15) is 0 Å². The number of halogens is 1. The van der Waals surface area contributed by atoms with Gasteiger partial charge in [0.15, 0.2) is 0 Å². The lowest BCUT2D eigenvalue weighted by Crippen LogP contribution is -2.30. The van der Waals surface area contributed by atoms with E-state index in [4.69, 9.17) is 0 Å². The molecule has 1 aromatic carbocycles. The summed E-state index contributed by atoms with van der Waals surface area (Å²) in [7, 11) is -3.49. The van der Waals surface area contributed by atoms with Crippen molar-refractivity contribution in [3.05, 3.63) is 27.7 Å². The van der Waals surface area contributed by atoms with Crippen LogP contribution in [0, 0.1) is 6.92 Å². The lowest BCUT2D eigenvalue weighted by molar-refractivity contribution is 0.569. The summed E-state index contributed by atoms with van der Waals surface area (Å²) >= 11 is 3.38. The van der Waals surface area contributed by atoms with Gasteiger partial charge in [-0.05, 0) is 66.9 Å². The normalized spacial score (nSPS) is 12.1. The van der Waals surface area contributed by atoms with Gasteiger partial charge in [0.25, 0.3) is 0 Å². The third-order valence-corrected chi connectivity index (χ3v) is 5.71. The summed E-state index contributed by atoms with van der Waals surface area (Å²) in [5.74, 6) is 0. The minimum Gasteiger partial charge on any atom is -0.313 e. The van der Waals surface area contributed by atoms with Gasteiger partial charge in [-0.3, -0.25) is 0 Å². The summed E-state index contributed by atoms with van der Waals surface area (Å²) in [6.07, 6.45) is 1.05. The Morgan fingerprint density at radius 3 is 2.50 bits per heavy atom. The molecule has 0 aromatic heterocycles. The Bertz CT molecular complexity index is 557. The van der Waals surface area contributed by atoms with E-state index in [0.29, 0.717) is 15.9 Å². The number of benzene rings is 1. The van der Waals surface area contributed by atoms with Crippen LogP contribution in [0.5, 0.6) is 0 Å². The van der Waals surface area contributed by atoms with Crippen molar-refractivity contribution >= 4 is 26.0 Å². The zero-order valence-corrected chi connectivity index (χ0v) is 14.9. The number of nitrogens with one attached hydrogen (secondary N) is 2. The third kappa shape index (κ3) is 4.84. The smallest absolute Gasteiger partial charge is 0.241 e. The lowest BCUT2D eigenvalue weighted by Gasteiger charge is -2.14. The second-order valence-electron chi connectivity index (χ2n) is 5.18. The Morgan fingerprint density at radius 1 is 1.30 bits per heavy atom. The van der Waals surface area contributed by atoms with Crippen LogP contribution >= 0.6 is 15.9 Å². The maximum atomic E-state index is 12.3. The van der Waals surface area contributed by atoms with Gasteiger partial charge in [0.2, 0.25) is 10.0 Å². The van der Waals surface area contributed by atoms with Crippen LogP contribution in [-0.2, 0) is 16.6 Å². The van der Waals surface area contributed by atoms with Crippen molar-refractivity contribution in [1.29, 1.82) is 0 Å². The first-order chi connectivity index (χ1) is 9.27. The van der Waals surface area contributed by atoms with Crippen LogP contribution in [0.25, 0.3) is 0 Å². The van der Waals surface area contributed by atoms with Gasteiger partial charge < -0.3 is 5.32 Å². The average Bonchev–Trinajstić information content (AvgIpc) is 2.31. The molecule has 0 saturated heterocycles. The SMILES string of the molecule is CCCNCc1cc(C)c(Br)c(S(=O)(=O)NC(C)C)c1. The molecule has 1 rings (SSSR count). The van der Waals surface area contributed by atoms with Crippen LogP contribution in [0.15, 0.2) is 21.5 Å². The minimum absolute atomic E-state index is 0.130. The molecule has 4 nitrogen and oxygen atoms in total. The van der Waals surface area contributed by atoms with Crippen molar-refractivity contribution in [3.8, 4) is 0 Å². The van der Waals surface area contributed by atoms with Gasteiger partial charge in [0, 0.05) is 17.1 Å². The first-order valence-electron chi connectivity index (χ1n) is 6.80. The minimum atomic E-state index is -3.49. The summed E-state index contributed by atoms with van der Waals surface area (Å²) in [6.45, 7) is 9.22. The molecular weight excluding hydrogens is 340 g/mol. The lowest BCUT2D eigenvalue weighted by atomic mass is 10.1. The highest BCUT2D eigenvalue weighted by atomic mass is 79.9. The van der Waals surface area contributed by atoms with Crippen LogP contribution in [0.1, 0.15) is 38.3 Å². The van der Waals surface area contributed by atoms with E-state index in [0.717, 1.165) is 24.1 Å². The molecule has 0 aliphatic carbocycles. The molecule has 6 heteroatoms. The number of hydrogen-bond acceptors (Lipinski definition) is 3. The molecule has 0 unspecified atom stereocenters. The molecule has 0 heterocycles. The first kappa shape index (κ1) is 17.6. The summed E-state index contributed by atoms with van der Waals surface area (Å²) in [5, 5.41) is 3.29. The van der Waals surface area contributed by atoms with Gasteiger partial charge in [-0.25, -0.2) is 13.1 Å². The predicted molar refractivity (Wildman–Crippen MR) is 86.3 cm³/mol. The molecule has 0 fully saturated rings. The molecule has 0 saturated carbocycles. The fourth-order valence-corrected chi connectivity index (χ4v) is 4.21. The van der Waals surface area contributed by atoms with E-state index in [1.807, 2.05) is 26.8 Å². The monoisotopic (exact) mass is 362 g/mol. The highest BCUT2D eigenvalue weighted by molar-refractivity contribution is 9.10. The zero-order chi connectivity index (χ0) is 15.3. The Morgan fingerprint density at radius 2 is 1.95 bits per heavy atom. The Hall–Kier alpha value is -0.430. The van der Waals surface area contributed by atoms with E-state index in [1.54, 1.807) is 6.07 Å². The highest BCUT2D eigenvalue weighted by Crippen LogP contribution is 2.27. The number of rotatable bonds is 7. The second kappa shape index (κ2) is 7.54. The van der Waals surface area contributed by atoms with Gasteiger partial charge in [0.1, 0.15) is 0 Å². The fourth-order valence-electron chi connectivity index (χ4n) is 1.89. The molecule has 0 bridgehead atoms. The largest absolute Gasteiger partial charge is 0.313 e. The van der Waals surface area contributed by atoms with Crippen LogP contribution < -0.4 is 10.0 Å². The highest BCUT2D eigenvalue weighted by Gasteiger charge is 2.20. The van der Waals surface area contributed by atoms with Crippen LogP contribution in [-0.4, -0.2) is 21.0 Å². The summed E-state index contributed by atoms with van der Waals surface area (Å²) in [6, 6.07) is 3.60. The first-order valence-corrected chi connectivity index (χ1v) is 9.07. The molecule has 0 amide bonds. The van der Waals surface area contributed by atoms with Crippen molar-refractivity contribution in [2.45, 2.75) is 51.6 Å². The van der Waals surface area contributed by atoms with Gasteiger partial charge in [0.05, 0.1) is 4.90 Å². The third-order valence-electron chi connectivity index (χ3n) is 2.72. The maximum absolute atomic E-state index is 12.3. The summed E-state index contributed by atoms with van der Waals surface area (Å²) in [4.78, 5) is 0.305. The molecule has 0 radical (unpaired) electrons. The summed E-state index contributed by atoms with van der Waals surface area (Å²) < 4.78 is 27.9. The van der Waals surface area contributed by atoms with Crippen LogP contribution in [0.2, 0.25) is 0 Å². The fraction of sp³-hybridized carbons (Fsp3) is 0.571. The van der Waals surface area contributed by atoms with Crippen molar-refractivity contribution in [3.63, 3.8) is 0 Å². The summed E-state index contributed by atoms with van der Waals surface area (Å²) in [5.41, 5.74) is 1.90. The predicted octanol–water partition coefficient (Wildman–Crippen LogP) is 2.94. The van der Waals surface area contributed by atoms with Crippen molar-refractivity contribution in [1.82, 2.24) is 10.0 Å². The topological polar surface area (TPSA) is 58.2 Å². The molecule has 0 atom stereocenters. The van der Waals surface area contributed by atoms with E-state index in [-0.39, 0.29) is 6.04 Å². The Kier molecular flexibility index (Phi) is 6.64. The van der Waals surface area contributed by atoms with Gasteiger partial charge in [-0.15, -0.1) is 0 Å². The Balaban J connectivity index is 3.12. The average molecular weight is 363 g/mol. The number of aryl methyl sites for hydroxylation is 1. The standard InChI is InChI=1S/C14H23BrN2O2S/c1-5-6-16-9-12-7-11(4)14(15)13(8-12)20(18,19)17-10(2)3/h7-8,10,16-17H,5-6,9H2,1-4H3. The van der Waals surface area contributed by atoms with E-state index in [9.17, 15) is 8.42 Å². The van der Waals surface area contributed by atoms with Gasteiger partial charge in [-0.1, -0.05) is 13.0 Å². The van der Waals surface area contributed by atoms with E-state index < -0.39 is 10.0 Å². The van der Waals surface area contributed by atoms with Crippen LogP contribution in [0.4, 0.5) is 0 Å². The van der Waals surface area contributed by atoms with E-state index >= 15 is 0 Å². The molecule has 0 aliphatic heterocycles. The number of sulfonamides is 1. The number of hydrogen-bond donors (Lipinski definition) is 2. The molecule has 1 aromatic rings. The molecule has 20 heavy (non-hydrogen) atoms. The van der Waals surface area contributed by atoms with E-state index in [2.05, 4.69) is 32.9 Å². The van der Waals surface area contributed by atoms with Crippen molar-refractivity contribution in [2.75, 3.05) is 6.54 Å². The Labute approximate surface area is 130 Å².